The van der Waals surface area contributed by atoms with E-state index in [4.69, 9.17) is 9.47 Å². The van der Waals surface area contributed by atoms with E-state index >= 15 is 0 Å². The summed E-state index contributed by atoms with van der Waals surface area (Å²) in [6.45, 7) is 2.55. The molecule has 0 aromatic rings. The summed E-state index contributed by atoms with van der Waals surface area (Å²) in [7, 11) is 0. The highest BCUT2D eigenvalue weighted by Crippen LogP contribution is 2.77. The second-order valence-electron chi connectivity index (χ2n) is 9.75. The number of carboxylic acids is 1. The number of carbonyl (C=O) groups is 4. The van der Waals surface area contributed by atoms with Crippen molar-refractivity contribution in [3.63, 3.8) is 0 Å². The lowest BCUT2D eigenvalue weighted by molar-refractivity contribution is -0.167. The number of hydrogen-bond acceptors (Lipinski definition) is 7. The normalized spacial score (nSPS) is 51.4. The fourth-order valence-electron chi connectivity index (χ4n) is 7.66. The van der Waals surface area contributed by atoms with Crippen molar-refractivity contribution in [1.29, 1.82) is 0 Å². The van der Waals surface area contributed by atoms with Crippen molar-refractivity contribution in [3.05, 3.63) is 12.2 Å². The SMILES string of the molecule is CC(=O)O[C@H]1C=C[C@]23OC(=O)[C@]1(C)[C@H]2[C@H](C(=O)O)[C@@]12CC(=O)[C@@](CO)(CC[C@H]13)C2. The van der Waals surface area contributed by atoms with Gasteiger partial charge in [0, 0.05) is 25.2 Å². The summed E-state index contributed by atoms with van der Waals surface area (Å²) in [6, 6.07) is 0. The van der Waals surface area contributed by atoms with Crippen LogP contribution in [0.3, 0.4) is 0 Å². The summed E-state index contributed by atoms with van der Waals surface area (Å²) >= 11 is 0. The molecule has 0 aromatic heterocycles. The number of rotatable bonds is 3. The van der Waals surface area contributed by atoms with Crippen LogP contribution in [0.25, 0.3) is 0 Å². The first-order valence-corrected chi connectivity index (χ1v) is 10.0. The number of ether oxygens (including phenoxy) is 2. The number of hydrogen-bond donors (Lipinski definition) is 2. The molecule has 0 unspecified atom stereocenters. The quantitative estimate of drug-likeness (QED) is 0.524. The highest BCUT2D eigenvalue weighted by molar-refractivity contribution is 5.92. The predicted molar refractivity (Wildman–Crippen MR) is 95.2 cm³/mol. The van der Waals surface area contributed by atoms with Gasteiger partial charge < -0.3 is 19.7 Å². The minimum Gasteiger partial charge on any atom is -0.481 e. The van der Waals surface area contributed by atoms with E-state index in [0.29, 0.717) is 12.8 Å². The predicted octanol–water partition coefficient (Wildman–Crippen LogP) is 0.858. The molecule has 8 nitrogen and oxygen atoms in total. The number of fused-ring (bicyclic) bond motifs is 1. The Hall–Kier alpha value is -2.22. The van der Waals surface area contributed by atoms with Crippen molar-refractivity contribution >= 4 is 23.7 Å². The zero-order valence-electron chi connectivity index (χ0n) is 16.3. The molecule has 29 heavy (non-hydrogen) atoms. The summed E-state index contributed by atoms with van der Waals surface area (Å²) in [6.07, 6.45) is 3.73. The lowest BCUT2D eigenvalue weighted by Gasteiger charge is -2.44. The van der Waals surface area contributed by atoms with E-state index in [1.807, 2.05) is 0 Å². The zero-order chi connectivity index (χ0) is 21.0. The molecule has 8 heteroatoms. The van der Waals surface area contributed by atoms with Crippen LogP contribution in [-0.4, -0.2) is 52.2 Å². The zero-order valence-corrected chi connectivity index (χ0v) is 16.3. The molecule has 2 N–H and O–H groups in total. The molecule has 1 saturated heterocycles. The third kappa shape index (κ3) is 1.85. The van der Waals surface area contributed by atoms with E-state index < -0.39 is 57.7 Å². The Bertz CT molecular complexity index is 893. The van der Waals surface area contributed by atoms with Gasteiger partial charge in [-0.2, -0.15) is 0 Å². The van der Waals surface area contributed by atoms with Crippen LogP contribution in [0.15, 0.2) is 12.2 Å². The molecule has 0 amide bonds. The highest BCUT2D eigenvalue weighted by atomic mass is 16.6. The van der Waals surface area contributed by atoms with Gasteiger partial charge in [-0.1, -0.05) is 0 Å². The van der Waals surface area contributed by atoms with Crippen molar-refractivity contribution in [2.45, 2.75) is 51.2 Å². The molecule has 1 spiro atoms. The van der Waals surface area contributed by atoms with Crippen LogP contribution in [0, 0.1) is 34.0 Å². The highest BCUT2D eigenvalue weighted by Gasteiger charge is 2.84. The summed E-state index contributed by atoms with van der Waals surface area (Å²) < 4.78 is 11.3. The van der Waals surface area contributed by atoms with E-state index in [0.717, 1.165) is 0 Å². The van der Waals surface area contributed by atoms with Crippen LogP contribution in [0.2, 0.25) is 0 Å². The van der Waals surface area contributed by atoms with Crippen LogP contribution in [0.1, 0.15) is 39.5 Å². The van der Waals surface area contributed by atoms with E-state index in [1.165, 1.54) is 6.92 Å². The Kier molecular flexibility index (Phi) is 3.42. The van der Waals surface area contributed by atoms with Gasteiger partial charge in [-0.05, 0) is 43.8 Å². The van der Waals surface area contributed by atoms with Crippen molar-refractivity contribution in [3.8, 4) is 0 Å². The average molecular weight is 404 g/mol. The fourth-order valence-corrected chi connectivity index (χ4v) is 7.66. The van der Waals surface area contributed by atoms with E-state index in [1.54, 1.807) is 19.1 Å². The van der Waals surface area contributed by atoms with Crippen molar-refractivity contribution in [2.75, 3.05) is 6.61 Å². The standard InChI is InChI=1S/C21H24O8/c1-10(23)28-13-4-6-21-11-3-5-19(9-22)8-20(11,7-12(19)24)14(16(25)26)15(21)18(13,2)17(27)29-21/h4,6,11,13-15,22H,3,5,7-9H2,1-2H3,(H,25,26)/t11-,13+,14-,15-,18+,19+,20-,21-/m1/s1. The Balaban J connectivity index is 1.72. The number of aliphatic carboxylic acids is 1. The summed E-state index contributed by atoms with van der Waals surface area (Å²) in [5.74, 6) is -4.40. The van der Waals surface area contributed by atoms with Gasteiger partial charge in [-0.25, -0.2) is 0 Å². The number of aliphatic hydroxyl groups excluding tert-OH is 1. The summed E-state index contributed by atoms with van der Waals surface area (Å²) in [5, 5.41) is 20.3. The maximum Gasteiger partial charge on any atom is 0.317 e. The molecular formula is C21H24O8. The monoisotopic (exact) mass is 404 g/mol. The maximum absolute atomic E-state index is 13.1. The van der Waals surface area contributed by atoms with Crippen LogP contribution in [0.5, 0.6) is 0 Å². The van der Waals surface area contributed by atoms with Gasteiger partial charge in [0.05, 0.1) is 17.9 Å². The fraction of sp³-hybridized carbons (Fsp3) is 0.714. The number of aliphatic hydroxyl groups is 1. The number of ketones is 1. The smallest absolute Gasteiger partial charge is 0.317 e. The van der Waals surface area contributed by atoms with Crippen LogP contribution < -0.4 is 0 Å². The third-order valence-electron chi connectivity index (χ3n) is 8.68. The van der Waals surface area contributed by atoms with Gasteiger partial charge in [0.25, 0.3) is 0 Å². The first-order valence-electron chi connectivity index (χ1n) is 10.0. The second kappa shape index (κ2) is 5.28. The molecule has 3 saturated carbocycles. The molecule has 1 aliphatic heterocycles. The van der Waals surface area contributed by atoms with Crippen LogP contribution in [0.4, 0.5) is 0 Å². The van der Waals surface area contributed by atoms with Crippen molar-refractivity contribution < 1.29 is 38.9 Å². The lowest BCUT2D eigenvalue weighted by atomic mass is 9.59. The Labute approximate surface area is 167 Å². The topological polar surface area (TPSA) is 127 Å². The molecule has 156 valence electrons. The Morgan fingerprint density at radius 3 is 2.69 bits per heavy atom. The molecule has 4 fully saturated rings. The van der Waals surface area contributed by atoms with E-state index in [-0.39, 0.29) is 31.1 Å². The van der Waals surface area contributed by atoms with Gasteiger partial charge in [-0.15, -0.1) is 0 Å². The molecule has 0 aromatic carbocycles. The van der Waals surface area contributed by atoms with Gasteiger partial charge in [0.1, 0.15) is 22.9 Å². The minimum absolute atomic E-state index is 0.0626. The van der Waals surface area contributed by atoms with Gasteiger partial charge in [-0.3, -0.25) is 19.2 Å². The van der Waals surface area contributed by atoms with E-state index in [9.17, 15) is 29.4 Å². The molecule has 5 aliphatic rings. The van der Waals surface area contributed by atoms with Gasteiger partial charge in [0.2, 0.25) is 0 Å². The molecule has 0 radical (unpaired) electrons. The molecule has 4 bridgehead atoms. The second-order valence-corrected chi connectivity index (χ2v) is 9.75. The Morgan fingerprint density at radius 2 is 2.07 bits per heavy atom. The Morgan fingerprint density at radius 1 is 1.34 bits per heavy atom. The number of esters is 2. The first kappa shape index (κ1) is 18.8. The average Bonchev–Trinajstić information content (AvgIpc) is 3.08. The van der Waals surface area contributed by atoms with Gasteiger partial charge >= 0.3 is 17.9 Å². The number of carboxylic acid groups (broad SMARTS) is 1. The largest absolute Gasteiger partial charge is 0.481 e. The molecule has 1 heterocycles. The molecule has 4 aliphatic carbocycles. The summed E-state index contributed by atoms with van der Waals surface area (Å²) in [4.78, 5) is 50.2. The van der Waals surface area contributed by atoms with Crippen molar-refractivity contribution in [1.82, 2.24) is 0 Å². The third-order valence-corrected chi connectivity index (χ3v) is 8.68. The van der Waals surface area contributed by atoms with Gasteiger partial charge in [0.15, 0.2) is 0 Å². The van der Waals surface area contributed by atoms with E-state index in [2.05, 4.69) is 0 Å². The lowest BCUT2D eigenvalue weighted by Crippen LogP contribution is -2.52. The first-order chi connectivity index (χ1) is 13.6. The van der Waals surface area contributed by atoms with Crippen LogP contribution >= 0.6 is 0 Å². The summed E-state index contributed by atoms with van der Waals surface area (Å²) in [5.41, 5.74) is -4.26. The van der Waals surface area contributed by atoms with Crippen LogP contribution in [-0.2, 0) is 28.7 Å². The molecule has 8 atom stereocenters. The molecule has 5 rings (SSSR count). The van der Waals surface area contributed by atoms with Crippen molar-refractivity contribution in [2.24, 2.45) is 34.0 Å². The molecular weight excluding hydrogens is 380 g/mol. The number of Topliss-reactive ketones (excluding diaryl/α,β-unsaturated/α-hetero) is 1. The maximum atomic E-state index is 13.1. The number of carbonyl (C=O) groups excluding carboxylic acids is 3. The minimum atomic E-state index is -1.34.